The van der Waals surface area contributed by atoms with Crippen molar-refractivity contribution in [3.05, 3.63) is 35.9 Å². The Morgan fingerprint density at radius 3 is 2.44 bits per heavy atom. The molecule has 1 rings (SSSR count). The van der Waals surface area contributed by atoms with E-state index < -0.39 is 12.1 Å². The van der Waals surface area contributed by atoms with Gasteiger partial charge in [0.25, 0.3) is 0 Å². The van der Waals surface area contributed by atoms with E-state index in [1.165, 1.54) is 6.92 Å². The predicted octanol–water partition coefficient (Wildman–Crippen LogP) is 1.84. The molecule has 1 aromatic carbocycles. The van der Waals surface area contributed by atoms with Crippen LogP contribution < -0.4 is 5.32 Å². The number of benzene rings is 1. The largest absolute Gasteiger partial charge is 0.465 e. The molecule has 0 heterocycles. The molecule has 1 atom stereocenters. The number of rotatable bonds is 5. The van der Waals surface area contributed by atoms with Crippen molar-refractivity contribution in [2.24, 2.45) is 0 Å². The molecule has 0 saturated heterocycles. The first kappa shape index (κ1) is 12.2. The molecule has 0 aliphatic carbocycles. The number of carbonyl (C=O) groups excluding carboxylic acids is 1. The number of ketones is 1. The third-order valence-electron chi connectivity index (χ3n) is 2.35. The van der Waals surface area contributed by atoms with Gasteiger partial charge in [0, 0.05) is 0 Å². The third-order valence-corrected chi connectivity index (χ3v) is 2.35. The van der Waals surface area contributed by atoms with Gasteiger partial charge < -0.3 is 10.4 Å². The number of amides is 1. The summed E-state index contributed by atoms with van der Waals surface area (Å²) in [6.07, 6.45) is 0.0186. The Morgan fingerprint density at radius 1 is 1.31 bits per heavy atom. The highest BCUT2D eigenvalue weighted by Gasteiger charge is 2.15. The van der Waals surface area contributed by atoms with E-state index in [0.29, 0.717) is 12.8 Å². The maximum Gasteiger partial charge on any atom is 0.405 e. The molecule has 16 heavy (non-hydrogen) atoms. The van der Waals surface area contributed by atoms with Gasteiger partial charge in [0.15, 0.2) is 5.78 Å². The van der Waals surface area contributed by atoms with Gasteiger partial charge in [-0.15, -0.1) is 0 Å². The maximum atomic E-state index is 11.2. The monoisotopic (exact) mass is 221 g/mol. The lowest BCUT2D eigenvalue weighted by atomic mass is 10.0. The minimum Gasteiger partial charge on any atom is -0.465 e. The lowest BCUT2D eigenvalue weighted by Crippen LogP contribution is -2.39. The zero-order valence-corrected chi connectivity index (χ0v) is 9.14. The summed E-state index contributed by atoms with van der Waals surface area (Å²) in [6.45, 7) is 1.39. The van der Waals surface area contributed by atoms with Crippen LogP contribution in [0.2, 0.25) is 0 Å². The lowest BCUT2D eigenvalue weighted by molar-refractivity contribution is -0.119. The molecule has 0 unspecified atom stereocenters. The molecule has 0 saturated carbocycles. The van der Waals surface area contributed by atoms with E-state index >= 15 is 0 Å². The van der Waals surface area contributed by atoms with Gasteiger partial charge in [-0.05, 0) is 25.3 Å². The molecule has 4 nitrogen and oxygen atoms in total. The van der Waals surface area contributed by atoms with Gasteiger partial charge in [-0.25, -0.2) is 4.79 Å². The fourth-order valence-corrected chi connectivity index (χ4v) is 1.48. The topological polar surface area (TPSA) is 66.4 Å². The van der Waals surface area contributed by atoms with Crippen LogP contribution in [0.3, 0.4) is 0 Å². The van der Waals surface area contributed by atoms with E-state index in [4.69, 9.17) is 5.11 Å². The number of Topliss-reactive ketones (excluding diaryl/α,β-unsaturated/α-hetero) is 1. The highest BCUT2D eigenvalue weighted by Crippen LogP contribution is 2.05. The van der Waals surface area contributed by atoms with Gasteiger partial charge in [0.2, 0.25) is 0 Å². The molecule has 4 heteroatoms. The molecule has 0 fully saturated rings. The molecular weight excluding hydrogens is 206 g/mol. The summed E-state index contributed by atoms with van der Waals surface area (Å²) in [5, 5.41) is 10.8. The third kappa shape index (κ3) is 4.13. The molecule has 1 amide bonds. The SMILES string of the molecule is CC(=O)[C@@H](CCc1ccccc1)NC(=O)O. The average Bonchev–Trinajstić information content (AvgIpc) is 2.25. The van der Waals surface area contributed by atoms with Crippen molar-refractivity contribution in [3.63, 3.8) is 0 Å². The second-order valence-corrected chi connectivity index (χ2v) is 3.64. The Labute approximate surface area is 94.3 Å². The second-order valence-electron chi connectivity index (χ2n) is 3.64. The van der Waals surface area contributed by atoms with Gasteiger partial charge >= 0.3 is 6.09 Å². The molecule has 0 radical (unpaired) electrons. The number of hydrogen-bond donors (Lipinski definition) is 2. The number of carbonyl (C=O) groups is 2. The first-order valence-corrected chi connectivity index (χ1v) is 5.13. The summed E-state index contributed by atoms with van der Waals surface area (Å²) < 4.78 is 0. The van der Waals surface area contributed by atoms with Crippen LogP contribution >= 0.6 is 0 Å². The molecule has 0 aromatic heterocycles. The van der Waals surface area contributed by atoms with Crippen LogP contribution in [0.25, 0.3) is 0 Å². The van der Waals surface area contributed by atoms with Gasteiger partial charge in [-0.3, -0.25) is 4.79 Å². The zero-order chi connectivity index (χ0) is 12.0. The number of aryl methyl sites for hydroxylation is 1. The molecule has 2 N–H and O–H groups in total. The normalized spacial score (nSPS) is 11.8. The highest BCUT2D eigenvalue weighted by molar-refractivity contribution is 5.84. The Morgan fingerprint density at radius 2 is 1.94 bits per heavy atom. The zero-order valence-electron chi connectivity index (χ0n) is 9.14. The second kappa shape index (κ2) is 5.90. The van der Waals surface area contributed by atoms with E-state index in [9.17, 15) is 9.59 Å². The van der Waals surface area contributed by atoms with E-state index in [2.05, 4.69) is 5.32 Å². The Hall–Kier alpha value is -1.84. The van der Waals surface area contributed by atoms with E-state index in [1.54, 1.807) is 0 Å². The van der Waals surface area contributed by atoms with Crippen molar-refractivity contribution < 1.29 is 14.7 Å². The first-order chi connectivity index (χ1) is 7.59. The Bertz CT molecular complexity index is 362. The van der Waals surface area contributed by atoms with Crippen molar-refractivity contribution in [1.82, 2.24) is 5.32 Å². The fourth-order valence-electron chi connectivity index (χ4n) is 1.48. The standard InChI is InChI=1S/C12H15NO3/c1-9(14)11(13-12(15)16)8-7-10-5-3-2-4-6-10/h2-6,11,13H,7-8H2,1H3,(H,15,16)/t11-/m1/s1. The van der Waals surface area contributed by atoms with Crippen LogP contribution in [0, 0.1) is 0 Å². The van der Waals surface area contributed by atoms with Crippen LogP contribution in [0.15, 0.2) is 30.3 Å². The summed E-state index contributed by atoms with van der Waals surface area (Å²) in [5.41, 5.74) is 1.10. The summed E-state index contributed by atoms with van der Waals surface area (Å²) in [7, 11) is 0. The van der Waals surface area contributed by atoms with Crippen LogP contribution in [0.1, 0.15) is 18.9 Å². The molecule has 0 aliphatic rings. The molecule has 0 bridgehead atoms. The first-order valence-electron chi connectivity index (χ1n) is 5.13. The average molecular weight is 221 g/mol. The minimum absolute atomic E-state index is 0.154. The van der Waals surface area contributed by atoms with Crippen LogP contribution in [-0.2, 0) is 11.2 Å². The van der Waals surface area contributed by atoms with Crippen molar-refractivity contribution >= 4 is 11.9 Å². The van der Waals surface area contributed by atoms with Crippen molar-refractivity contribution in [1.29, 1.82) is 0 Å². The van der Waals surface area contributed by atoms with Crippen LogP contribution in [-0.4, -0.2) is 23.0 Å². The van der Waals surface area contributed by atoms with Gasteiger partial charge in [0.1, 0.15) is 0 Å². The molecular formula is C12H15NO3. The highest BCUT2D eigenvalue weighted by atomic mass is 16.4. The lowest BCUT2D eigenvalue weighted by Gasteiger charge is -2.13. The van der Waals surface area contributed by atoms with Crippen LogP contribution in [0.4, 0.5) is 4.79 Å². The molecule has 86 valence electrons. The van der Waals surface area contributed by atoms with Gasteiger partial charge in [-0.2, -0.15) is 0 Å². The summed E-state index contributed by atoms with van der Waals surface area (Å²) in [4.78, 5) is 21.6. The Balaban J connectivity index is 2.50. The number of carboxylic acid groups (broad SMARTS) is 1. The summed E-state index contributed by atoms with van der Waals surface area (Å²) >= 11 is 0. The van der Waals surface area contributed by atoms with Gasteiger partial charge in [-0.1, -0.05) is 30.3 Å². The smallest absolute Gasteiger partial charge is 0.405 e. The van der Waals surface area contributed by atoms with Crippen LogP contribution in [0.5, 0.6) is 0 Å². The van der Waals surface area contributed by atoms with Crippen molar-refractivity contribution in [2.75, 3.05) is 0 Å². The van der Waals surface area contributed by atoms with Crippen molar-refractivity contribution in [2.45, 2.75) is 25.8 Å². The fraction of sp³-hybridized carbons (Fsp3) is 0.333. The maximum absolute atomic E-state index is 11.2. The summed E-state index contributed by atoms with van der Waals surface area (Å²) in [6, 6.07) is 9.06. The molecule has 0 spiro atoms. The summed E-state index contributed by atoms with van der Waals surface area (Å²) in [5.74, 6) is -0.154. The van der Waals surface area contributed by atoms with E-state index in [1.807, 2.05) is 30.3 Å². The van der Waals surface area contributed by atoms with E-state index in [0.717, 1.165) is 5.56 Å². The quantitative estimate of drug-likeness (QED) is 0.797. The molecule has 1 aromatic rings. The van der Waals surface area contributed by atoms with Gasteiger partial charge in [0.05, 0.1) is 6.04 Å². The minimum atomic E-state index is -1.16. The number of hydrogen-bond acceptors (Lipinski definition) is 2. The van der Waals surface area contributed by atoms with Crippen molar-refractivity contribution in [3.8, 4) is 0 Å². The van der Waals surface area contributed by atoms with E-state index in [-0.39, 0.29) is 5.78 Å². The Kier molecular flexibility index (Phi) is 4.51. The predicted molar refractivity (Wildman–Crippen MR) is 60.4 cm³/mol. The number of nitrogens with one attached hydrogen (secondary N) is 1. The molecule has 0 aliphatic heterocycles.